The zero-order valence-corrected chi connectivity index (χ0v) is 14.7. The molecule has 0 radical (unpaired) electrons. The summed E-state index contributed by atoms with van der Waals surface area (Å²) >= 11 is 0. The van der Waals surface area contributed by atoms with Gasteiger partial charge in [-0.05, 0) is 29.8 Å². The summed E-state index contributed by atoms with van der Waals surface area (Å²) in [6.07, 6.45) is 7.17. The Kier molecular flexibility index (Phi) is 4.74. The molecule has 1 aromatic carbocycles. The summed E-state index contributed by atoms with van der Waals surface area (Å²) in [5.74, 6) is 0.292. The molecule has 1 atom stereocenters. The third-order valence-corrected chi connectivity index (χ3v) is 4.72. The highest BCUT2D eigenvalue weighted by molar-refractivity contribution is 5.89. The number of benzene rings is 1. The second-order valence-electron chi connectivity index (χ2n) is 6.61. The summed E-state index contributed by atoms with van der Waals surface area (Å²) < 4.78 is 7.20. The lowest BCUT2D eigenvalue weighted by atomic mass is 10.1. The molecule has 3 aromatic rings. The molecule has 1 N–H and O–H groups in total. The molecule has 1 aliphatic heterocycles. The van der Waals surface area contributed by atoms with E-state index in [2.05, 4.69) is 10.3 Å². The molecule has 27 heavy (non-hydrogen) atoms. The molecule has 1 fully saturated rings. The van der Waals surface area contributed by atoms with Gasteiger partial charge in [-0.15, -0.1) is 0 Å². The number of carbonyl (C=O) groups excluding carboxylic acids is 2. The molecule has 0 aliphatic carbocycles. The number of hydrogen-bond acceptors (Lipinski definition) is 4. The van der Waals surface area contributed by atoms with Crippen LogP contribution in [-0.2, 0) is 22.7 Å². The smallest absolute Gasteiger partial charge is 0.225 e. The Labute approximate surface area is 156 Å². The number of nitrogens with zero attached hydrogens (tertiary/aromatic N) is 3. The summed E-state index contributed by atoms with van der Waals surface area (Å²) in [6.45, 7) is 1.27. The van der Waals surface area contributed by atoms with E-state index in [9.17, 15) is 9.59 Å². The van der Waals surface area contributed by atoms with Crippen LogP contribution in [-0.4, -0.2) is 32.8 Å². The van der Waals surface area contributed by atoms with E-state index in [4.69, 9.17) is 4.42 Å². The topological polar surface area (TPSA) is 80.4 Å². The van der Waals surface area contributed by atoms with E-state index in [1.807, 2.05) is 41.1 Å². The predicted octanol–water partition coefficient (Wildman–Crippen LogP) is 2.13. The van der Waals surface area contributed by atoms with Gasteiger partial charge in [-0.1, -0.05) is 12.1 Å². The Bertz CT molecular complexity index is 901. The van der Waals surface area contributed by atoms with Crippen LogP contribution in [0.15, 0.2) is 65.8 Å². The lowest BCUT2D eigenvalue weighted by molar-refractivity contribution is -0.129. The molecule has 1 saturated heterocycles. The fraction of sp³-hybridized carbons (Fsp3) is 0.250. The Hall–Kier alpha value is -3.35. The van der Waals surface area contributed by atoms with E-state index in [1.165, 1.54) is 0 Å². The standard InChI is InChI=1S/C20H20N4O3/c25-19-10-16(12-24(19)13-18-2-1-9-27-18)20(26)22-11-15-3-5-17(6-4-15)23-8-7-21-14-23/h1-9,14,16H,10-13H2,(H,22,26)/t16-/m1/s1. The lowest BCUT2D eigenvalue weighted by Crippen LogP contribution is -2.32. The molecule has 138 valence electrons. The van der Waals surface area contributed by atoms with Gasteiger partial charge in [0.05, 0.1) is 25.1 Å². The van der Waals surface area contributed by atoms with Crippen molar-refractivity contribution in [3.63, 3.8) is 0 Å². The van der Waals surface area contributed by atoms with E-state index in [0.29, 0.717) is 19.6 Å². The van der Waals surface area contributed by atoms with E-state index in [1.54, 1.807) is 29.8 Å². The monoisotopic (exact) mass is 364 g/mol. The number of aromatic nitrogens is 2. The minimum Gasteiger partial charge on any atom is -0.467 e. The van der Waals surface area contributed by atoms with Crippen LogP contribution in [0.2, 0.25) is 0 Å². The maximum atomic E-state index is 12.4. The number of nitrogens with one attached hydrogen (secondary N) is 1. The van der Waals surface area contributed by atoms with Crippen molar-refractivity contribution in [1.29, 1.82) is 0 Å². The molecule has 0 unspecified atom stereocenters. The van der Waals surface area contributed by atoms with Gasteiger partial charge in [0.1, 0.15) is 5.76 Å². The zero-order valence-electron chi connectivity index (χ0n) is 14.7. The fourth-order valence-corrected chi connectivity index (χ4v) is 3.22. The van der Waals surface area contributed by atoms with Crippen molar-refractivity contribution >= 4 is 11.8 Å². The van der Waals surface area contributed by atoms with Gasteiger partial charge < -0.3 is 19.2 Å². The average Bonchev–Trinajstić information content (AvgIpc) is 3.44. The first-order valence-corrected chi connectivity index (χ1v) is 8.84. The SMILES string of the molecule is O=C(NCc1ccc(-n2ccnc2)cc1)[C@@H]1CC(=O)N(Cc2ccco2)C1. The Morgan fingerprint density at radius 1 is 1.26 bits per heavy atom. The van der Waals surface area contributed by atoms with Crippen molar-refractivity contribution in [2.45, 2.75) is 19.5 Å². The quantitative estimate of drug-likeness (QED) is 0.727. The molecular weight excluding hydrogens is 344 g/mol. The molecule has 7 nitrogen and oxygen atoms in total. The second-order valence-corrected chi connectivity index (χ2v) is 6.61. The third kappa shape index (κ3) is 3.92. The summed E-state index contributed by atoms with van der Waals surface area (Å²) in [6, 6.07) is 11.5. The van der Waals surface area contributed by atoms with Gasteiger partial charge in [0.25, 0.3) is 0 Å². The number of hydrogen-bond donors (Lipinski definition) is 1. The normalized spacial score (nSPS) is 16.7. The summed E-state index contributed by atoms with van der Waals surface area (Å²) in [7, 11) is 0. The van der Waals surface area contributed by atoms with Crippen LogP contribution in [0.5, 0.6) is 0 Å². The highest BCUT2D eigenvalue weighted by atomic mass is 16.3. The van der Waals surface area contributed by atoms with Crippen LogP contribution >= 0.6 is 0 Å². The predicted molar refractivity (Wildman–Crippen MR) is 97.6 cm³/mol. The van der Waals surface area contributed by atoms with Gasteiger partial charge in [0.2, 0.25) is 11.8 Å². The van der Waals surface area contributed by atoms with Crippen molar-refractivity contribution in [2.75, 3.05) is 6.54 Å². The molecule has 0 bridgehead atoms. The molecule has 1 aliphatic rings. The van der Waals surface area contributed by atoms with E-state index < -0.39 is 0 Å². The number of likely N-dealkylation sites (tertiary alicyclic amines) is 1. The minimum atomic E-state index is -0.322. The highest BCUT2D eigenvalue weighted by Crippen LogP contribution is 2.20. The Morgan fingerprint density at radius 2 is 2.11 bits per heavy atom. The van der Waals surface area contributed by atoms with Crippen LogP contribution in [0.25, 0.3) is 5.69 Å². The lowest BCUT2D eigenvalue weighted by Gasteiger charge is -2.15. The van der Waals surface area contributed by atoms with E-state index >= 15 is 0 Å². The van der Waals surface area contributed by atoms with Gasteiger partial charge in [0.15, 0.2) is 0 Å². The van der Waals surface area contributed by atoms with Crippen LogP contribution in [0, 0.1) is 5.92 Å². The molecule has 4 rings (SSSR count). The zero-order chi connectivity index (χ0) is 18.6. The summed E-state index contributed by atoms with van der Waals surface area (Å²) in [5.41, 5.74) is 2.02. The summed E-state index contributed by atoms with van der Waals surface area (Å²) in [4.78, 5) is 30.3. The molecule has 0 saturated carbocycles. The molecule has 0 spiro atoms. The molecular formula is C20H20N4O3. The van der Waals surface area contributed by atoms with Crippen molar-refractivity contribution in [2.24, 2.45) is 5.92 Å². The largest absolute Gasteiger partial charge is 0.467 e. The van der Waals surface area contributed by atoms with Crippen molar-refractivity contribution in [3.8, 4) is 5.69 Å². The fourth-order valence-electron chi connectivity index (χ4n) is 3.22. The number of amides is 2. The van der Waals surface area contributed by atoms with Gasteiger partial charge in [0, 0.05) is 37.6 Å². The number of imidazole rings is 1. The molecule has 7 heteroatoms. The van der Waals surface area contributed by atoms with Gasteiger partial charge in [-0.3, -0.25) is 9.59 Å². The van der Waals surface area contributed by atoms with Crippen LogP contribution in [0.1, 0.15) is 17.7 Å². The van der Waals surface area contributed by atoms with Gasteiger partial charge in [-0.2, -0.15) is 0 Å². The first-order chi connectivity index (χ1) is 13.2. The van der Waals surface area contributed by atoms with E-state index in [0.717, 1.165) is 17.0 Å². The maximum Gasteiger partial charge on any atom is 0.225 e. The number of rotatable bonds is 6. The molecule has 2 amide bonds. The van der Waals surface area contributed by atoms with Crippen LogP contribution in [0.4, 0.5) is 0 Å². The highest BCUT2D eigenvalue weighted by Gasteiger charge is 2.34. The van der Waals surface area contributed by atoms with Crippen LogP contribution < -0.4 is 5.32 Å². The molecule has 2 aromatic heterocycles. The third-order valence-electron chi connectivity index (χ3n) is 4.72. The first kappa shape index (κ1) is 17.1. The molecule has 3 heterocycles. The Morgan fingerprint density at radius 3 is 2.81 bits per heavy atom. The van der Waals surface area contributed by atoms with Crippen molar-refractivity contribution in [1.82, 2.24) is 19.8 Å². The number of furan rings is 1. The van der Waals surface area contributed by atoms with Gasteiger partial charge in [-0.25, -0.2) is 4.98 Å². The van der Waals surface area contributed by atoms with E-state index in [-0.39, 0.29) is 24.2 Å². The summed E-state index contributed by atoms with van der Waals surface area (Å²) in [5, 5.41) is 2.93. The Balaban J connectivity index is 1.30. The van der Waals surface area contributed by atoms with Gasteiger partial charge >= 0.3 is 0 Å². The average molecular weight is 364 g/mol. The first-order valence-electron chi connectivity index (χ1n) is 8.84. The van der Waals surface area contributed by atoms with Crippen molar-refractivity contribution < 1.29 is 14.0 Å². The second kappa shape index (κ2) is 7.49. The maximum absolute atomic E-state index is 12.4. The van der Waals surface area contributed by atoms with Crippen molar-refractivity contribution in [3.05, 3.63) is 72.7 Å². The minimum absolute atomic E-state index is 0.0174. The van der Waals surface area contributed by atoms with Crippen LogP contribution in [0.3, 0.4) is 0 Å². The number of carbonyl (C=O) groups is 2.